The van der Waals surface area contributed by atoms with E-state index in [-0.39, 0.29) is 0 Å². The van der Waals surface area contributed by atoms with Crippen LogP contribution in [0.5, 0.6) is 0 Å². The maximum atomic E-state index is 3.48. The van der Waals surface area contributed by atoms with Gasteiger partial charge in [0.1, 0.15) is 0 Å². The minimum absolute atomic E-state index is 0.542. The zero-order chi connectivity index (χ0) is 9.14. The molecule has 1 aromatic rings. The molecule has 0 radical (unpaired) electrons. The van der Waals surface area contributed by atoms with Crippen LogP contribution < -0.4 is 0 Å². The van der Waals surface area contributed by atoms with Gasteiger partial charge in [-0.1, -0.05) is 83.1 Å². The van der Waals surface area contributed by atoms with Gasteiger partial charge in [-0.2, -0.15) is 0 Å². The fourth-order valence-corrected chi connectivity index (χ4v) is 3.01. The summed E-state index contributed by atoms with van der Waals surface area (Å²) in [6.07, 6.45) is 0. The van der Waals surface area contributed by atoms with Crippen molar-refractivity contribution in [1.29, 1.82) is 0 Å². The molecular weight excluding hydrogens is 510 g/mol. The Hall–Kier alpha value is 1.64. The molecular formula is C8H6Br2I2. The Morgan fingerprint density at radius 1 is 1.33 bits per heavy atom. The Morgan fingerprint density at radius 2 is 2.00 bits per heavy atom. The van der Waals surface area contributed by atoms with Gasteiger partial charge in [0, 0.05) is 9.80 Å². The normalized spacial score (nSPS) is 10.8. The molecule has 1 rings (SSSR count). The first kappa shape index (κ1) is 11.7. The van der Waals surface area contributed by atoms with Crippen molar-refractivity contribution in [3.8, 4) is 0 Å². The molecule has 0 saturated carbocycles. The average molecular weight is 516 g/mol. The van der Waals surface area contributed by atoms with Crippen molar-refractivity contribution in [3.05, 3.63) is 33.8 Å². The van der Waals surface area contributed by atoms with Crippen LogP contribution in [0.2, 0.25) is 0 Å². The number of hydrogen-bond donors (Lipinski definition) is 0. The lowest BCUT2D eigenvalue weighted by atomic mass is 10.1. The Kier molecular flexibility index (Phi) is 5.37. The molecule has 0 N–H and O–H groups in total. The molecule has 12 heavy (non-hydrogen) atoms. The lowest BCUT2D eigenvalue weighted by Crippen LogP contribution is -1.88. The topological polar surface area (TPSA) is 0 Å². The van der Waals surface area contributed by atoms with Gasteiger partial charge in [-0.25, -0.2) is 0 Å². The zero-order valence-corrected chi connectivity index (χ0v) is 13.5. The van der Waals surface area contributed by atoms with Crippen molar-refractivity contribution < 1.29 is 0 Å². The summed E-state index contributed by atoms with van der Waals surface area (Å²) in [7, 11) is 0. The third-order valence-electron chi connectivity index (χ3n) is 1.48. The van der Waals surface area contributed by atoms with Crippen molar-refractivity contribution in [2.75, 3.05) is 0 Å². The summed E-state index contributed by atoms with van der Waals surface area (Å²) >= 11 is 11.8. The van der Waals surface area contributed by atoms with Crippen LogP contribution in [-0.2, 0) is 5.33 Å². The zero-order valence-electron chi connectivity index (χ0n) is 6.03. The number of halogens is 4. The predicted molar refractivity (Wildman–Crippen MR) is 77.6 cm³/mol. The van der Waals surface area contributed by atoms with E-state index in [0.717, 1.165) is 9.80 Å². The fraction of sp³-hybridized carbons (Fsp3) is 0.250. The van der Waals surface area contributed by atoms with Crippen LogP contribution in [0.3, 0.4) is 0 Å². The molecule has 0 aliphatic carbocycles. The molecule has 66 valence electrons. The van der Waals surface area contributed by atoms with Gasteiger partial charge < -0.3 is 0 Å². The second kappa shape index (κ2) is 5.50. The Morgan fingerprint density at radius 3 is 2.50 bits per heavy atom. The number of alkyl halides is 3. The van der Waals surface area contributed by atoms with Crippen LogP contribution in [-0.4, -0.2) is 0 Å². The molecule has 0 amide bonds. The highest BCUT2D eigenvalue weighted by molar-refractivity contribution is 14.2. The average Bonchev–Trinajstić information content (AvgIpc) is 2.03. The van der Waals surface area contributed by atoms with E-state index in [0.29, 0.717) is 1.93 Å². The summed E-state index contributed by atoms with van der Waals surface area (Å²) < 4.78 is 1.69. The van der Waals surface area contributed by atoms with E-state index in [2.05, 4.69) is 95.2 Å². The summed E-state index contributed by atoms with van der Waals surface area (Å²) in [4.78, 5) is 0. The highest BCUT2D eigenvalue weighted by Crippen LogP contribution is 2.34. The lowest BCUT2D eigenvalue weighted by molar-refractivity contribution is 1.30. The summed E-state index contributed by atoms with van der Waals surface area (Å²) in [5.74, 6) is 0. The molecule has 0 fully saturated rings. The van der Waals surface area contributed by atoms with Crippen LogP contribution in [0, 0.1) is 0 Å². The maximum Gasteiger partial charge on any atom is 0.0877 e. The fourth-order valence-electron chi connectivity index (χ4n) is 0.903. The molecule has 0 aliphatic heterocycles. The largest absolute Gasteiger partial charge is 0.0877 e. The van der Waals surface area contributed by atoms with Crippen molar-refractivity contribution in [3.63, 3.8) is 0 Å². The third kappa shape index (κ3) is 3.09. The molecule has 0 unspecified atom stereocenters. The SMILES string of the molecule is BrCc1cc(Br)ccc1C(I)I. The van der Waals surface area contributed by atoms with Crippen molar-refractivity contribution in [2.45, 2.75) is 7.26 Å². The Balaban J connectivity index is 3.11. The first-order valence-corrected chi connectivity index (χ1v) is 7.68. The second-order valence-corrected chi connectivity index (χ2v) is 8.63. The number of benzene rings is 1. The highest BCUT2D eigenvalue weighted by Gasteiger charge is 2.07. The van der Waals surface area contributed by atoms with Crippen LogP contribution in [0.15, 0.2) is 22.7 Å². The minimum Gasteiger partial charge on any atom is -0.0876 e. The van der Waals surface area contributed by atoms with E-state index < -0.39 is 0 Å². The van der Waals surface area contributed by atoms with Gasteiger partial charge in [-0.15, -0.1) is 0 Å². The molecule has 0 aromatic heterocycles. The second-order valence-electron chi connectivity index (χ2n) is 2.28. The standard InChI is InChI=1S/C8H6Br2I2/c9-4-5-3-6(10)1-2-7(5)8(11)12/h1-3,8H,4H2. The van der Waals surface area contributed by atoms with Gasteiger partial charge >= 0.3 is 0 Å². The van der Waals surface area contributed by atoms with Gasteiger partial charge in [0.15, 0.2) is 0 Å². The van der Waals surface area contributed by atoms with Gasteiger partial charge in [0.05, 0.1) is 1.93 Å². The maximum absolute atomic E-state index is 3.48. The van der Waals surface area contributed by atoms with Gasteiger partial charge in [0.25, 0.3) is 0 Å². The highest BCUT2D eigenvalue weighted by atomic mass is 127. The van der Waals surface area contributed by atoms with Crippen molar-refractivity contribution >= 4 is 77.0 Å². The monoisotopic (exact) mass is 514 g/mol. The molecule has 0 nitrogen and oxygen atoms in total. The van der Waals surface area contributed by atoms with Crippen molar-refractivity contribution in [1.82, 2.24) is 0 Å². The molecule has 0 bridgehead atoms. The predicted octanol–water partition coefficient (Wildman–Crippen LogP) is 5.21. The molecule has 0 atom stereocenters. The Labute approximate surface area is 116 Å². The quantitative estimate of drug-likeness (QED) is 0.375. The van der Waals surface area contributed by atoms with Gasteiger partial charge in [0.2, 0.25) is 0 Å². The first-order valence-electron chi connectivity index (χ1n) is 3.27. The van der Waals surface area contributed by atoms with Crippen LogP contribution in [0.1, 0.15) is 13.1 Å². The summed E-state index contributed by atoms with van der Waals surface area (Å²) in [6.45, 7) is 0. The van der Waals surface area contributed by atoms with E-state index >= 15 is 0 Å². The molecule has 4 heteroatoms. The summed E-state index contributed by atoms with van der Waals surface area (Å²) in [6, 6.07) is 6.42. The minimum atomic E-state index is 0.542. The van der Waals surface area contributed by atoms with E-state index in [1.807, 2.05) is 0 Å². The van der Waals surface area contributed by atoms with Crippen LogP contribution in [0.25, 0.3) is 0 Å². The van der Waals surface area contributed by atoms with E-state index in [4.69, 9.17) is 0 Å². The number of hydrogen-bond acceptors (Lipinski definition) is 0. The van der Waals surface area contributed by atoms with Gasteiger partial charge in [-0.3, -0.25) is 0 Å². The molecule has 1 aromatic carbocycles. The smallest absolute Gasteiger partial charge is 0.0876 e. The Bertz CT molecular complexity index is 274. The van der Waals surface area contributed by atoms with E-state index in [9.17, 15) is 0 Å². The summed E-state index contributed by atoms with van der Waals surface area (Å²) in [5.41, 5.74) is 2.76. The van der Waals surface area contributed by atoms with E-state index in [1.165, 1.54) is 11.1 Å². The lowest BCUT2D eigenvalue weighted by Gasteiger charge is -2.08. The van der Waals surface area contributed by atoms with E-state index in [1.54, 1.807) is 0 Å². The first-order chi connectivity index (χ1) is 5.65. The van der Waals surface area contributed by atoms with Gasteiger partial charge in [-0.05, 0) is 23.3 Å². The van der Waals surface area contributed by atoms with Crippen LogP contribution >= 0.6 is 77.0 Å². The van der Waals surface area contributed by atoms with Crippen molar-refractivity contribution in [2.24, 2.45) is 0 Å². The number of rotatable bonds is 2. The molecule has 0 aliphatic rings. The third-order valence-corrected chi connectivity index (χ3v) is 3.92. The summed E-state index contributed by atoms with van der Waals surface area (Å²) in [5, 5.41) is 0.921. The molecule has 0 heterocycles. The molecule has 0 spiro atoms. The molecule has 0 saturated heterocycles. The van der Waals surface area contributed by atoms with Crippen LogP contribution in [0.4, 0.5) is 0 Å².